The Kier molecular flexibility index (Phi) is 4.77. The molecule has 0 aliphatic carbocycles. The molecule has 108 valence electrons. The van der Waals surface area contributed by atoms with Crippen LogP contribution in [0.15, 0.2) is 30.3 Å². The van der Waals surface area contributed by atoms with Gasteiger partial charge >= 0.3 is 0 Å². The van der Waals surface area contributed by atoms with Gasteiger partial charge < -0.3 is 5.73 Å². The highest BCUT2D eigenvalue weighted by Crippen LogP contribution is 2.37. The summed E-state index contributed by atoms with van der Waals surface area (Å²) in [6.45, 7) is 4.26. The van der Waals surface area contributed by atoms with Crippen molar-refractivity contribution in [3.8, 4) is 17.2 Å². The van der Waals surface area contributed by atoms with E-state index >= 15 is 0 Å². The minimum Gasteiger partial charge on any atom is -0.399 e. The molecule has 0 aliphatic rings. The molecule has 0 amide bonds. The molecule has 2 rings (SSSR count). The fourth-order valence-corrected chi connectivity index (χ4v) is 3.04. The van der Waals surface area contributed by atoms with Gasteiger partial charge in [-0.25, -0.2) is 0 Å². The van der Waals surface area contributed by atoms with Crippen LogP contribution < -0.4 is 5.73 Å². The van der Waals surface area contributed by atoms with Gasteiger partial charge in [0, 0.05) is 11.3 Å². The van der Waals surface area contributed by atoms with Gasteiger partial charge in [0.2, 0.25) is 0 Å². The second-order valence-corrected chi connectivity index (χ2v) is 6.26. The third-order valence-electron chi connectivity index (χ3n) is 3.21. The molecule has 0 atom stereocenters. The van der Waals surface area contributed by atoms with Crippen LogP contribution in [0.25, 0.3) is 11.1 Å². The first-order valence-electron chi connectivity index (χ1n) is 6.70. The van der Waals surface area contributed by atoms with E-state index in [2.05, 4.69) is 19.9 Å². The Bertz CT molecular complexity index is 692. The lowest BCUT2D eigenvalue weighted by Crippen LogP contribution is -1.98. The van der Waals surface area contributed by atoms with E-state index in [0.717, 1.165) is 17.5 Å². The molecule has 0 spiro atoms. The number of nitriles is 1. The number of anilines is 1. The Hall–Kier alpha value is -1.69. The average Bonchev–Trinajstić information content (AvgIpc) is 2.38. The number of hydrogen-bond donors (Lipinski definition) is 1. The van der Waals surface area contributed by atoms with Gasteiger partial charge in [0.15, 0.2) is 0 Å². The van der Waals surface area contributed by atoms with Gasteiger partial charge in [-0.1, -0.05) is 49.2 Å². The smallest absolute Gasteiger partial charge is 0.0994 e. The molecule has 0 heterocycles. The van der Waals surface area contributed by atoms with Gasteiger partial charge in [-0.05, 0) is 41.7 Å². The van der Waals surface area contributed by atoms with Gasteiger partial charge in [0.05, 0.1) is 21.7 Å². The molecular formula is C17H16Cl2N2. The van der Waals surface area contributed by atoms with E-state index in [1.165, 1.54) is 0 Å². The minimum absolute atomic E-state index is 0.487. The quantitative estimate of drug-likeness (QED) is 0.779. The first-order valence-corrected chi connectivity index (χ1v) is 7.46. The van der Waals surface area contributed by atoms with E-state index in [1.54, 1.807) is 12.1 Å². The van der Waals surface area contributed by atoms with Crippen molar-refractivity contribution in [2.45, 2.75) is 20.3 Å². The van der Waals surface area contributed by atoms with Gasteiger partial charge in [0.25, 0.3) is 0 Å². The summed E-state index contributed by atoms with van der Waals surface area (Å²) < 4.78 is 0. The van der Waals surface area contributed by atoms with E-state index in [0.29, 0.717) is 32.8 Å². The number of nitrogens with two attached hydrogens (primary N) is 1. The molecule has 21 heavy (non-hydrogen) atoms. The standard InChI is InChI=1S/C17H16Cl2N2/c1-10(2)5-11-3-4-12(6-13(11)9-20)17-15(18)7-14(21)8-16(17)19/h3-4,6-8,10H,5,21H2,1-2H3. The highest BCUT2D eigenvalue weighted by Gasteiger charge is 2.13. The van der Waals surface area contributed by atoms with Gasteiger partial charge in [-0.2, -0.15) is 5.26 Å². The zero-order valence-corrected chi connectivity index (χ0v) is 13.5. The topological polar surface area (TPSA) is 49.8 Å². The second kappa shape index (κ2) is 6.39. The van der Waals surface area contributed by atoms with Crippen molar-refractivity contribution >= 4 is 28.9 Å². The average molecular weight is 319 g/mol. The predicted octanol–water partition coefficient (Wildman–Crippen LogP) is 5.31. The van der Waals surface area contributed by atoms with E-state index in [4.69, 9.17) is 28.9 Å². The van der Waals surface area contributed by atoms with Crippen LogP contribution in [-0.4, -0.2) is 0 Å². The molecule has 2 nitrogen and oxygen atoms in total. The van der Waals surface area contributed by atoms with Gasteiger partial charge in [-0.3, -0.25) is 0 Å². The van der Waals surface area contributed by atoms with Crippen molar-refractivity contribution in [2.24, 2.45) is 5.92 Å². The van der Waals surface area contributed by atoms with E-state index in [9.17, 15) is 5.26 Å². The van der Waals surface area contributed by atoms with Crippen molar-refractivity contribution in [1.29, 1.82) is 5.26 Å². The maximum absolute atomic E-state index is 9.35. The third kappa shape index (κ3) is 3.50. The maximum atomic E-state index is 9.35. The molecule has 4 heteroatoms. The zero-order chi connectivity index (χ0) is 15.6. The molecule has 0 unspecified atom stereocenters. The van der Waals surface area contributed by atoms with Crippen molar-refractivity contribution < 1.29 is 0 Å². The largest absolute Gasteiger partial charge is 0.399 e. The summed E-state index contributed by atoms with van der Waals surface area (Å²) in [6, 6.07) is 11.3. The molecule has 0 saturated carbocycles. The Labute approximate surface area is 135 Å². The van der Waals surface area contributed by atoms with Crippen molar-refractivity contribution in [1.82, 2.24) is 0 Å². The Morgan fingerprint density at radius 1 is 1.14 bits per heavy atom. The maximum Gasteiger partial charge on any atom is 0.0994 e. The van der Waals surface area contributed by atoms with Crippen molar-refractivity contribution in [3.63, 3.8) is 0 Å². The van der Waals surface area contributed by atoms with Gasteiger partial charge in [-0.15, -0.1) is 0 Å². The number of benzene rings is 2. The molecule has 0 radical (unpaired) electrons. The first kappa shape index (κ1) is 15.7. The number of nitrogens with zero attached hydrogens (tertiary/aromatic N) is 1. The highest BCUT2D eigenvalue weighted by molar-refractivity contribution is 6.39. The van der Waals surface area contributed by atoms with Crippen LogP contribution in [-0.2, 0) is 6.42 Å². The van der Waals surface area contributed by atoms with Gasteiger partial charge in [0.1, 0.15) is 0 Å². The minimum atomic E-state index is 0.487. The predicted molar refractivity (Wildman–Crippen MR) is 89.6 cm³/mol. The molecule has 0 aliphatic heterocycles. The fourth-order valence-electron chi connectivity index (χ4n) is 2.32. The molecular weight excluding hydrogens is 303 g/mol. The highest BCUT2D eigenvalue weighted by atomic mass is 35.5. The molecule has 0 fully saturated rings. The number of hydrogen-bond acceptors (Lipinski definition) is 2. The van der Waals surface area contributed by atoms with Crippen LogP contribution in [0.4, 0.5) is 5.69 Å². The van der Waals surface area contributed by atoms with Crippen molar-refractivity contribution in [3.05, 3.63) is 51.5 Å². The number of halogens is 2. The molecule has 2 N–H and O–H groups in total. The summed E-state index contributed by atoms with van der Waals surface area (Å²) in [5, 5.41) is 10.3. The number of nitrogen functional groups attached to an aromatic ring is 1. The van der Waals surface area contributed by atoms with E-state index < -0.39 is 0 Å². The summed E-state index contributed by atoms with van der Waals surface area (Å²) in [6.07, 6.45) is 0.867. The van der Waals surface area contributed by atoms with Crippen LogP contribution in [0, 0.1) is 17.2 Å². The third-order valence-corrected chi connectivity index (χ3v) is 3.81. The summed E-state index contributed by atoms with van der Waals surface area (Å²) in [7, 11) is 0. The van der Waals surface area contributed by atoms with Crippen LogP contribution in [0.5, 0.6) is 0 Å². The summed E-state index contributed by atoms with van der Waals surface area (Å²) in [4.78, 5) is 0. The van der Waals surface area contributed by atoms with Crippen LogP contribution in [0.1, 0.15) is 25.0 Å². The summed E-state index contributed by atoms with van der Waals surface area (Å²) in [5.74, 6) is 0.492. The van der Waals surface area contributed by atoms with Crippen LogP contribution >= 0.6 is 23.2 Å². The van der Waals surface area contributed by atoms with Crippen molar-refractivity contribution in [2.75, 3.05) is 5.73 Å². The molecule has 0 bridgehead atoms. The first-order chi connectivity index (χ1) is 9.92. The zero-order valence-electron chi connectivity index (χ0n) is 12.0. The molecule has 0 saturated heterocycles. The van der Waals surface area contributed by atoms with E-state index in [-0.39, 0.29) is 0 Å². The van der Waals surface area contributed by atoms with Crippen LogP contribution in [0.2, 0.25) is 10.0 Å². The number of rotatable bonds is 3. The fraction of sp³-hybridized carbons (Fsp3) is 0.235. The Morgan fingerprint density at radius 2 is 1.76 bits per heavy atom. The molecule has 2 aromatic rings. The van der Waals surface area contributed by atoms with E-state index in [1.807, 2.05) is 18.2 Å². The lowest BCUT2D eigenvalue weighted by molar-refractivity contribution is 0.646. The summed E-state index contributed by atoms with van der Waals surface area (Å²) >= 11 is 12.5. The monoisotopic (exact) mass is 318 g/mol. The lowest BCUT2D eigenvalue weighted by Gasteiger charge is -2.12. The molecule has 0 aromatic heterocycles. The normalized spacial score (nSPS) is 10.7. The molecule has 2 aromatic carbocycles. The Balaban J connectivity index is 2.55. The summed E-state index contributed by atoms with van der Waals surface area (Å²) in [5.41, 5.74) is 9.47. The second-order valence-electron chi connectivity index (χ2n) is 5.44. The van der Waals surface area contributed by atoms with Crippen LogP contribution in [0.3, 0.4) is 0 Å². The SMILES string of the molecule is CC(C)Cc1ccc(-c2c(Cl)cc(N)cc2Cl)cc1C#N. The lowest BCUT2D eigenvalue weighted by atomic mass is 9.94. The Morgan fingerprint density at radius 3 is 2.29 bits per heavy atom.